The Hall–Kier alpha value is -1.10. The predicted molar refractivity (Wildman–Crippen MR) is 87.6 cm³/mol. The van der Waals surface area contributed by atoms with Gasteiger partial charge in [0, 0.05) is 6.61 Å². The number of rotatable bonds is 6. The largest absolute Gasteiger partial charge is 0.469 e. The van der Waals surface area contributed by atoms with E-state index in [-0.39, 0.29) is 30.1 Å². The van der Waals surface area contributed by atoms with Crippen molar-refractivity contribution in [2.45, 2.75) is 59.8 Å². The lowest BCUT2D eigenvalue weighted by molar-refractivity contribution is -0.162. The van der Waals surface area contributed by atoms with Crippen LogP contribution in [0.1, 0.15) is 59.8 Å². The van der Waals surface area contributed by atoms with Crippen molar-refractivity contribution in [3.63, 3.8) is 0 Å². The first-order chi connectivity index (χ1) is 10.9. The van der Waals surface area contributed by atoms with Gasteiger partial charge in [0.1, 0.15) is 0 Å². The SMILES string of the molecule is CCC(C)(C)C(=O)OC.CCOCOC(=O)C1CC2CCC1C2. The number of ether oxygens (including phenoxy) is 3. The van der Waals surface area contributed by atoms with Gasteiger partial charge < -0.3 is 14.2 Å². The van der Waals surface area contributed by atoms with Crippen molar-refractivity contribution in [3.8, 4) is 0 Å². The first-order valence-electron chi connectivity index (χ1n) is 8.68. The van der Waals surface area contributed by atoms with E-state index in [4.69, 9.17) is 9.47 Å². The van der Waals surface area contributed by atoms with E-state index in [1.54, 1.807) is 0 Å². The summed E-state index contributed by atoms with van der Waals surface area (Å²) in [6.07, 6.45) is 5.66. The van der Waals surface area contributed by atoms with Crippen LogP contribution in [0.3, 0.4) is 0 Å². The summed E-state index contributed by atoms with van der Waals surface area (Å²) in [7, 11) is 1.42. The molecule has 2 aliphatic carbocycles. The van der Waals surface area contributed by atoms with Crippen molar-refractivity contribution in [1.82, 2.24) is 0 Å². The molecule has 0 aromatic carbocycles. The lowest BCUT2D eigenvalue weighted by atomic mass is 9.89. The van der Waals surface area contributed by atoms with Crippen LogP contribution >= 0.6 is 0 Å². The molecule has 0 aromatic heterocycles. The van der Waals surface area contributed by atoms with Crippen molar-refractivity contribution < 1.29 is 23.8 Å². The van der Waals surface area contributed by atoms with Gasteiger partial charge in [-0.2, -0.15) is 0 Å². The first-order valence-corrected chi connectivity index (χ1v) is 8.68. The fourth-order valence-corrected chi connectivity index (χ4v) is 3.24. The molecule has 3 unspecified atom stereocenters. The molecule has 0 aromatic rings. The maximum absolute atomic E-state index is 11.6. The predicted octanol–water partition coefficient (Wildman–Crippen LogP) is 3.56. The summed E-state index contributed by atoms with van der Waals surface area (Å²) in [5.74, 6) is 1.41. The van der Waals surface area contributed by atoms with Gasteiger partial charge in [-0.05, 0) is 58.3 Å². The molecule has 5 nitrogen and oxygen atoms in total. The van der Waals surface area contributed by atoms with Crippen LogP contribution in [0.25, 0.3) is 0 Å². The van der Waals surface area contributed by atoms with Gasteiger partial charge >= 0.3 is 11.9 Å². The molecule has 0 radical (unpaired) electrons. The molecule has 0 aliphatic heterocycles. The average Bonchev–Trinajstić information content (AvgIpc) is 3.17. The van der Waals surface area contributed by atoms with Crippen LogP contribution in [-0.2, 0) is 23.8 Å². The standard InChI is InChI=1S/C11H18O3.C7H14O2/c1-2-13-7-14-11(12)10-6-8-3-4-9(10)5-8;1-5-7(2,3)6(8)9-4/h8-10H,2-7H2,1H3;5H2,1-4H3. The molecule has 2 aliphatic rings. The third kappa shape index (κ3) is 5.79. The Labute approximate surface area is 140 Å². The van der Waals surface area contributed by atoms with E-state index in [9.17, 15) is 9.59 Å². The maximum atomic E-state index is 11.6. The Morgan fingerprint density at radius 2 is 1.83 bits per heavy atom. The Kier molecular flexibility index (Phi) is 8.03. The summed E-state index contributed by atoms with van der Waals surface area (Å²) in [6, 6.07) is 0. The van der Waals surface area contributed by atoms with Crippen molar-refractivity contribution in [1.29, 1.82) is 0 Å². The molecular formula is C18H32O5. The highest BCUT2D eigenvalue weighted by Gasteiger charge is 2.43. The molecule has 0 spiro atoms. The topological polar surface area (TPSA) is 61.8 Å². The molecule has 134 valence electrons. The summed E-state index contributed by atoms with van der Waals surface area (Å²) in [4.78, 5) is 22.5. The zero-order valence-corrected chi connectivity index (χ0v) is 15.2. The summed E-state index contributed by atoms with van der Waals surface area (Å²) in [5.41, 5.74) is -0.311. The lowest BCUT2D eigenvalue weighted by Crippen LogP contribution is -2.24. The molecule has 3 atom stereocenters. The van der Waals surface area contributed by atoms with Gasteiger partial charge in [-0.15, -0.1) is 0 Å². The van der Waals surface area contributed by atoms with Gasteiger partial charge in [0.25, 0.3) is 0 Å². The van der Waals surface area contributed by atoms with E-state index in [1.165, 1.54) is 26.4 Å². The molecule has 0 heterocycles. The molecule has 2 rings (SSSR count). The smallest absolute Gasteiger partial charge is 0.311 e. The summed E-state index contributed by atoms with van der Waals surface area (Å²) in [6.45, 7) is 8.34. The van der Waals surface area contributed by atoms with Crippen LogP contribution in [0.5, 0.6) is 0 Å². The molecular weight excluding hydrogens is 296 g/mol. The van der Waals surface area contributed by atoms with Crippen molar-refractivity contribution in [3.05, 3.63) is 0 Å². The first kappa shape index (κ1) is 19.9. The Bertz CT molecular complexity index is 391. The van der Waals surface area contributed by atoms with Gasteiger partial charge in [-0.25, -0.2) is 0 Å². The lowest BCUT2D eigenvalue weighted by Gasteiger charge is -2.19. The Morgan fingerprint density at radius 3 is 2.22 bits per heavy atom. The maximum Gasteiger partial charge on any atom is 0.311 e. The number of methoxy groups -OCH3 is 1. The van der Waals surface area contributed by atoms with Gasteiger partial charge in [0.05, 0.1) is 18.4 Å². The van der Waals surface area contributed by atoms with E-state index in [0.717, 1.165) is 18.8 Å². The number of carbonyl (C=O) groups excluding carboxylic acids is 2. The minimum Gasteiger partial charge on any atom is -0.469 e. The molecule has 2 bridgehead atoms. The second-order valence-corrected chi connectivity index (χ2v) is 7.08. The second-order valence-electron chi connectivity index (χ2n) is 7.08. The van der Waals surface area contributed by atoms with Crippen LogP contribution in [0.15, 0.2) is 0 Å². The van der Waals surface area contributed by atoms with Crippen LogP contribution in [0.4, 0.5) is 0 Å². The van der Waals surface area contributed by atoms with Crippen molar-refractivity contribution in [2.24, 2.45) is 23.2 Å². The Balaban J connectivity index is 0.000000257. The van der Waals surface area contributed by atoms with Gasteiger partial charge in [0.15, 0.2) is 6.79 Å². The van der Waals surface area contributed by atoms with E-state index in [0.29, 0.717) is 12.5 Å². The Morgan fingerprint density at radius 1 is 1.13 bits per heavy atom. The molecule has 0 saturated heterocycles. The van der Waals surface area contributed by atoms with Crippen LogP contribution in [-0.4, -0.2) is 32.4 Å². The molecule has 2 fully saturated rings. The quantitative estimate of drug-likeness (QED) is 0.424. The number of hydrogen-bond donors (Lipinski definition) is 0. The normalized spacial score (nSPS) is 25.5. The van der Waals surface area contributed by atoms with Crippen LogP contribution in [0.2, 0.25) is 0 Å². The fraction of sp³-hybridized carbons (Fsp3) is 0.889. The van der Waals surface area contributed by atoms with Crippen LogP contribution in [0, 0.1) is 23.2 Å². The monoisotopic (exact) mass is 328 g/mol. The fourth-order valence-electron chi connectivity index (χ4n) is 3.24. The van der Waals surface area contributed by atoms with Crippen LogP contribution < -0.4 is 0 Å². The summed E-state index contributed by atoms with van der Waals surface area (Å²) >= 11 is 0. The minimum absolute atomic E-state index is 0.0364. The zero-order valence-electron chi connectivity index (χ0n) is 15.2. The third-order valence-corrected chi connectivity index (χ3v) is 5.15. The second kappa shape index (κ2) is 9.26. The summed E-state index contributed by atoms with van der Waals surface area (Å²) < 4.78 is 14.6. The third-order valence-electron chi connectivity index (χ3n) is 5.15. The van der Waals surface area contributed by atoms with Crippen molar-refractivity contribution in [2.75, 3.05) is 20.5 Å². The van der Waals surface area contributed by atoms with E-state index in [1.807, 2.05) is 27.7 Å². The highest BCUT2D eigenvalue weighted by molar-refractivity contribution is 5.75. The number of hydrogen-bond acceptors (Lipinski definition) is 5. The van der Waals surface area contributed by atoms with E-state index < -0.39 is 0 Å². The number of fused-ring (bicyclic) bond motifs is 2. The molecule has 5 heteroatoms. The number of carbonyl (C=O) groups is 2. The van der Waals surface area contributed by atoms with Gasteiger partial charge in [-0.3, -0.25) is 9.59 Å². The van der Waals surface area contributed by atoms with E-state index >= 15 is 0 Å². The highest BCUT2D eigenvalue weighted by atomic mass is 16.7. The van der Waals surface area contributed by atoms with E-state index in [2.05, 4.69) is 4.74 Å². The molecule has 0 amide bonds. The molecule has 23 heavy (non-hydrogen) atoms. The van der Waals surface area contributed by atoms with Crippen molar-refractivity contribution >= 4 is 11.9 Å². The minimum atomic E-state index is -0.311. The number of esters is 2. The average molecular weight is 328 g/mol. The molecule has 2 saturated carbocycles. The zero-order chi connectivity index (χ0) is 17.5. The van der Waals surface area contributed by atoms with Gasteiger partial charge in [0.2, 0.25) is 0 Å². The highest BCUT2D eigenvalue weighted by Crippen LogP contribution is 2.48. The summed E-state index contributed by atoms with van der Waals surface area (Å²) in [5, 5.41) is 0. The van der Waals surface area contributed by atoms with Gasteiger partial charge in [-0.1, -0.05) is 13.3 Å². The molecule has 0 N–H and O–H groups in total.